The molecule has 5 heteroatoms. The van der Waals surface area contributed by atoms with Crippen molar-refractivity contribution in [3.8, 4) is 0 Å². The molecule has 3 nitrogen and oxygen atoms in total. The van der Waals surface area contributed by atoms with Gasteiger partial charge in [0.25, 0.3) is 5.56 Å². The minimum absolute atomic E-state index is 0.0514. The molecule has 0 saturated heterocycles. The molecule has 2 aromatic heterocycles. The molecule has 0 unspecified atom stereocenters. The molecule has 0 saturated carbocycles. The number of allylic oxidation sites excluding steroid dienone is 1. The molecule has 6 rings (SSSR count). The number of hydrogen-bond acceptors (Lipinski definition) is 4. The Hall–Kier alpha value is -3.02. The number of fused-ring (bicyclic) bond motifs is 3. The minimum atomic E-state index is -0.0740. The highest BCUT2D eigenvalue weighted by Gasteiger charge is 2.32. The Balaban J connectivity index is 1.56. The van der Waals surface area contributed by atoms with E-state index < -0.39 is 0 Å². The van der Waals surface area contributed by atoms with Crippen LogP contribution in [0.25, 0.3) is 11.8 Å². The Morgan fingerprint density at radius 3 is 2.61 bits per heavy atom. The number of benzene rings is 2. The predicted molar refractivity (Wildman–Crippen MR) is 138 cm³/mol. The first-order valence-corrected chi connectivity index (χ1v) is 13.1. The lowest BCUT2D eigenvalue weighted by atomic mass is 9.85. The van der Waals surface area contributed by atoms with E-state index >= 15 is 0 Å². The molecule has 3 heterocycles. The maximum absolute atomic E-state index is 13.7. The molecule has 2 aromatic carbocycles. The summed E-state index contributed by atoms with van der Waals surface area (Å²) in [6.07, 6.45) is 3.92. The third-order valence-electron chi connectivity index (χ3n) is 6.59. The van der Waals surface area contributed by atoms with Gasteiger partial charge in [0.05, 0.1) is 16.3 Å². The molecule has 164 valence electrons. The summed E-state index contributed by atoms with van der Waals surface area (Å²) in [6.45, 7) is 4.38. The first-order chi connectivity index (χ1) is 16.1. The third-order valence-corrected chi connectivity index (χ3v) is 8.49. The Bertz CT molecular complexity index is 1550. The normalized spacial score (nSPS) is 17.5. The Morgan fingerprint density at radius 1 is 1.03 bits per heavy atom. The average Bonchev–Trinajstić information content (AvgIpc) is 3.47. The van der Waals surface area contributed by atoms with Crippen LogP contribution in [0.5, 0.6) is 0 Å². The van der Waals surface area contributed by atoms with E-state index in [-0.39, 0.29) is 11.6 Å². The van der Waals surface area contributed by atoms with Gasteiger partial charge in [-0.3, -0.25) is 9.36 Å². The summed E-state index contributed by atoms with van der Waals surface area (Å²) in [6, 6.07) is 21.2. The van der Waals surface area contributed by atoms with Gasteiger partial charge < -0.3 is 0 Å². The van der Waals surface area contributed by atoms with Crippen LogP contribution < -0.4 is 14.9 Å². The van der Waals surface area contributed by atoms with Gasteiger partial charge in [0.15, 0.2) is 4.80 Å². The maximum Gasteiger partial charge on any atom is 0.271 e. The number of aromatic nitrogens is 1. The van der Waals surface area contributed by atoms with Crippen molar-refractivity contribution in [1.29, 1.82) is 0 Å². The molecule has 4 aromatic rings. The second-order valence-corrected chi connectivity index (χ2v) is 10.9. The number of nitrogens with zero attached hydrogens (tertiary/aromatic N) is 2. The van der Waals surface area contributed by atoms with Gasteiger partial charge in [-0.15, -0.1) is 11.3 Å². The Morgan fingerprint density at radius 2 is 1.85 bits per heavy atom. The van der Waals surface area contributed by atoms with E-state index in [1.54, 1.807) is 11.3 Å². The summed E-state index contributed by atoms with van der Waals surface area (Å²) in [5, 5.41) is 2.10. The summed E-state index contributed by atoms with van der Waals surface area (Å²) in [7, 11) is 0. The van der Waals surface area contributed by atoms with E-state index in [1.807, 2.05) is 10.6 Å². The van der Waals surface area contributed by atoms with E-state index in [9.17, 15) is 4.79 Å². The van der Waals surface area contributed by atoms with Gasteiger partial charge in [-0.2, -0.15) is 0 Å². The second-order valence-electron chi connectivity index (χ2n) is 8.95. The van der Waals surface area contributed by atoms with Crippen LogP contribution in [0.3, 0.4) is 0 Å². The Kier molecular flexibility index (Phi) is 5.04. The van der Waals surface area contributed by atoms with Crippen LogP contribution in [0.2, 0.25) is 0 Å². The zero-order chi connectivity index (χ0) is 22.5. The second kappa shape index (κ2) is 8.08. The molecule has 0 spiro atoms. The lowest BCUT2D eigenvalue weighted by Crippen LogP contribution is -2.38. The lowest BCUT2D eigenvalue weighted by Gasteiger charge is -2.30. The molecule has 0 bridgehead atoms. The van der Waals surface area contributed by atoms with Gasteiger partial charge in [0.1, 0.15) is 0 Å². The summed E-state index contributed by atoms with van der Waals surface area (Å²) < 4.78 is 2.66. The molecule has 0 fully saturated rings. The van der Waals surface area contributed by atoms with Crippen molar-refractivity contribution in [3.05, 3.63) is 118 Å². The molecule has 1 atom stereocenters. The van der Waals surface area contributed by atoms with Crippen molar-refractivity contribution >= 4 is 34.4 Å². The number of rotatable bonds is 3. The van der Waals surface area contributed by atoms with E-state index in [0.29, 0.717) is 5.92 Å². The number of thiazole rings is 1. The standard InChI is InChI=1S/C28H24N2OS2/c1-17(2)19-11-9-18(10-12-19)16-24-27(31)30-26(23-8-5-15-32-23)22-14-13-20-6-3-4-7-21(20)25(22)29-28(30)33-24/h3-12,15-17,26H,13-14H2,1-2H3/b24-16+/t26-/m1/s1. The molecular formula is C28H24N2OS2. The molecule has 33 heavy (non-hydrogen) atoms. The predicted octanol–water partition coefficient (Wildman–Crippen LogP) is 5.50. The van der Waals surface area contributed by atoms with E-state index in [2.05, 4.69) is 79.9 Å². The van der Waals surface area contributed by atoms with Crippen molar-refractivity contribution in [2.45, 2.75) is 38.6 Å². The van der Waals surface area contributed by atoms with E-state index in [4.69, 9.17) is 4.99 Å². The van der Waals surface area contributed by atoms with Gasteiger partial charge in [-0.1, -0.05) is 79.8 Å². The maximum atomic E-state index is 13.7. The summed E-state index contributed by atoms with van der Waals surface area (Å²) in [4.78, 5) is 20.7. The van der Waals surface area contributed by atoms with E-state index in [1.165, 1.54) is 38.5 Å². The highest BCUT2D eigenvalue weighted by molar-refractivity contribution is 7.10. The molecule has 1 aliphatic heterocycles. The molecular weight excluding hydrogens is 444 g/mol. The largest absolute Gasteiger partial charge is 0.271 e. The SMILES string of the molecule is CC(C)c1ccc(/C=c2/sc3n(c2=O)[C@@H](c2cccs2)C2=C(N=3)c3ccccc3CC2)cc1. The van der Waals surface area contributed by atoms with Crippen LogP contribution in [-0.2, 0) is 6.42 Å². The zero-order valence-electron chi connectivity index (χ0n) is 18.6. The van der Waals surface area contributed by atoms with Crippen LogP contribution in [0.1, 0.15) is 59.4 Å². The number of hydrogen-bond donors (Lipinski definition) is 0. The third kappa shape index (κ3) is 3.47. The first kappa shape index (κ1) is 20.6. The molecule has 2 aliphatic rings. The number of aryl methyl sites for hydroxylation is 1. The van der Waals surface area contributed by atoms with Crippen molar-refractivity contribution in [2.24, 2.45) is 4.99 Å². The quantitative estimate of drug-likeness (QED) is 0.391. The highest BCUT2D eigenvalue weighted by Crippen LogP contribution is 2.42. The smallest absolute Gasteiger partial charge is 0.271 e. The molecule has 0 radical (unpaired) electrons. The fourth-order valence-corrected chi connectivity index (χ4v) is 6.70. The van der Waals surface area contributed by atoms with E-state index in [0.717, 1.165) is 33.4 Å². The lowest BCUT2D eigenvalue weighted by molar-refractivity contribution is 0.593. The summed E-state index contributed by atoms with van der Waals surface area (Å²) in [5.74, 6) is 0.490. The number of thiophene rings is 1. The van der Waals surface area contributed by atoms with Crippen LogP contribution in [0.15, 0.2) is 81.4 Å². The summed E-state index contributed by atoms with van der Waals surface area (Å²) >= 11 is 3.21. The minimum Gasteiger partial charge on any atom is -0.271 e. The van der Waals surface area contributed by atoms with Gasteiger partial charge >= 0.3 is 0 Å². The van der Waals surface area contributed by atoms with Crippen LogP contribution in [-0.4, -0.2) is 4.57 Å². The van der Waals surface area contributed by atoms with Crippen molar-refractivity contribution < 1.29 is 0 Å². The molecule has 1 aliphatic carbocycles. The van der Waals surface area contributed by atoms with Gasteiger partial charge in [0.2, 0.25) is 0 Å². The molecule has 0 N–H and O–H groups in total. The van der Waals surface area contributed by atoms with Crippen molar-refractivity contribution in [1.82, 2.24) is 4.57 Å². The van der Waals surface area contributed by atoms with Crippen molar-refractivity contribution in [2.75, 3.05) is 0 Å². The monoisotopic (exact) mass is 468 g/mol. The fourth-order valence-electron chi connectivity index (χ4n) is 4.85. The highest BCUT2D eigenvalue weighted by atomic mass is 32.1. The Labute approximate surface area is 200 Å². The van der Waals surface area contributed by atoms with Crippen LogP contribution in [0.4, 0.5) is 0 Å². The van der Waals surface area contributed by atoms with Gasteiger partial charge in [-0.25, -0.2) is 4.99 Å². The zero-order valence-corrected chi connectivity index (χ0v) is 20.2. The first-order valence-electron chi connectivity index (χ1n) is 11.4. The van der Waals surface area contributed by atoms with Crippen LogP contribution >= 0.6 is 22.7 Å². The van der Waals surface area contributed by atoms with Crippen LogP contribution in [0, 0.1) is 0 Å². The topological polar surface area (TPSA) is 34.4 Å². The average molecular weight is 469 g/mol. The molecule has 0 amide bonds. The summed E-state index contributed by atoms with van der Waals surface area (Å²) in [5.41, 5.74) is 7.27. The van der Waals surface area contributed by atoms with Gasteiger partial charge in [-0.05, 0) is 58.5 Å². The van der Waals surface area contributed by atoms with Gasteiger partial charge in [0, 0.05) is 10.4 Å². The fraction of sp³-hybridized carbons (Fsp3) is 0.214. The van der Waals surface area contributed by atoms with Crippen molar-refractivity contribution in [3.63, 3.8) is 0 Å².